The number of halogens is 2. The molecule has 0 bridgehead atoms. The summed E-state index contributed by atoms with van der Waals surface area (Å²) >= 11 is 3.47. The van der Waals surface area contributed by atoms with Crippen LogP contribution >= 0.6 is 15.9 Å². The lowest BCUT2D eigenvalue weighted by atomic mass is 9.63. The zero-order valence-corrected chi connectivity index (χ0v) is 14.2. The first-order valence-electron chi connectivity index (χ1n) is 7.54. The van der Waals surface area contributed by atoms with Gasteiger partial charge in [0.1, 0.15) is 5.82 Å². The smallest absolute Gasteiger partial charge is 0.124 e. The molecule has 1 aliphatic carbocycles. The molecule has 3 atom stereocenters. The minimum atomic E-state index is -0.205. The van der Waals surface area contributed by atoms with Crippen LogP contribution in [-0.2, 0) is 6.42 Å². The maximum Gasteiger partial charge on any atom is 0.124 e. The first kappa shape index (κ1) is 16.0. The van der Waals surface area contributed by atoms with Crippen molar-refractivity contribution in [3.63, 3.8) is 0 Å². The van der Waals surface area contributed by atoms with Gasteiger partial charge in [-0.2, -0.15) is 0 Å². The molecule has 1 aromatic rings. The first-order chi connectivity index (χ1) is 9.32. The Labute approximate surface area is 130 Å². The molecule has 2 N–H and O–H groups in total. The zero-order valence-electron chi connectivity index (χ0n) is 12.6. The summed E-state index contributed by atoms with van der Waals surface area (Å²) in [5.74, 6) is 1.60. The van der Waals surface area contributed by atoms with Crippen LogP contribution in [0.15, 0.2) is 22.7 Å². The van der Waals surface area contributed by atoms with E-state index >= 15 is 0 Å². The molecular formula is C17H25BrFN. The maximum absolute atomic E-state index is 13.2. The van der Waals surface area contributed by atoms with Crippen LogP contribution in [0.4, 0.5) is 4.39 Å². The molecule has 1 nitrogen and oxygen atoms in total. The molecule has 2 rings (SSSR count). The van der Waals surface area contributed by atoms with E-state index < -0.39 is 0 Å². The Bertz CT molecular complexity index is 474. The summed E-state index contributed by atoms with van der Waals surface area (Å²) < 4.78 is 14.1. The van der Waals surface area contributed by atoms with Crippen LogP contribution in [0.1, 0.15) is 45.6 Å². The van der Waals surface area contributed by atoms with Gasteiger partial charge in [-0.3, -0.25) is 0 Å². The largest absolute Gasteiger partial charge is 0.325 e. The molecule has 20 heavy (non-hydrogen) atoms. The number of hydrogen-bond acceptors (Lipinski definition) is 1. The summed E-state index contributed by atoms with van der Waals surface area (Å²) in [4.78, 5) is 0. The Balaban J connectivity index is 2.26. The fourth-order valence-electron chi connectivity index (χ4n) is 3.87. The standard InChI is InChI=1S/C17H25BrFN/c1-11(2)15-7-4-12(3)9-17(15,20)10-13-5-6-14(19)8-16(13)18/h5-6,8,11-12,15H,4,7,9-10,20H2,1-3H3. The second-order valence-corrected chi connectivity index (χ2v) is 7.74. The molecule has 112 valence electrons. The molecule has 3 heteroatoms. The lowest BCUT2D eigenvalue weighted by molar-refractivity contribution is 0.109. The Kier molecular flexibility index (Phi) is 4.91. The molecule has 1 fully saturated rings. The van der Waals surface area contributed by atoms with Gasteiger partial charge in [0.2, 0.25) is 0 Å². The van der Waals surface area contributed by atoms with E-state index in [2.05, 4.69) is 36.7 Å². The zero-order chi connectivity index (χ0) is 14.9. The minimum Gasteiger partial charge on any atom is -0.325 e. The maximum atomic E-state index is 13.2. The second kappa shape index (κ2) is 6.15. The SMILES string of the molecule is CC1CCC(C(C)C)C(N)(Cc2ccc(F)cc2Br)C1. The highest BCUT2D eigenvalue weighted by molar-refractivity contribution is 9.10. The van der Waals surface area contributed by atoms with Gasteiger partial charge in [0.25, 0.3) is 0 Å². The van der Waals surface area contributed by atoms with E-state index in [1.165, 1.54) is 25.0 Å². The van der Waals surface area contributed by atoms with E-state index in [1.54, 1.807) is 0 Å². The fourth-order valence-corrected chi connectivity index (χ4v) is 4.36. The average molecular weight is 342 g/mol. The van der Waals surface area contributed by atoms with E-state index in [4.69, 9.17) is 5.73 Å². The molecule has 0 radical (unpaired) electrons. The molecule has 0 saturated heterocycles. The lowest BCUT2D eigenvalue weighted by Crippen LogP contribution is -2.54. The molecule has 1 aromatic carbocycles. The summed E-state index contributed by atoms with van der Waals surface area (Å²) in [6.07, 6.45) is 4.35. The van der Waals surface area contributed by atoms with Crippen molar-refractivity contribution in [2.45, 2.75) is 52.0 Å². The molecule has 0 aromatic heterocycles. The highest BCUT2D eigenvalue weighted by Gasteiger charge is 2.41. The predicted molar refractivity (Wildman–Crippen MR) is 86.1 cm³/mol. The summed E-state index contributed by atoms with van der Waals surface area (Å²) in [7, 11) is 0. The van der Waals surface area contributed by atoms with Gasteiger partial charge in [-0.1, -0.05) is 49.2 Å². The van der Waals surface area contributed by atoms with Gasteiger partial charge in [-0.15, -0.1) is 0 Å². The van der Waals surface area contributed by atoms with Crippen molar-refractivity contribution < 1.29 is 4.39 Å². The lowest BCUT2D eigenvalue weighted by Gasteiger charge is -2.46. The number of rotatable bonds is 3. The summed E-state index contributed by atoms with van der Waals surface area (Å²) in [6, 6.07) is 4.93. The Morgan fingerprint density at radius 1 is 1.40 bits per heavy atom. The van der Waals surface area contributed by atoms with Gasteiger partial charge < -0.3 is 5.73 Å². The molecule has 0 amide bonds. The molecule has 0 spiro atoms. The molecule has 1 saturated carbocycles. The van der Waals surface area contributed by atoms with Gasteiger partial charge in [-0.05, 0) is 54.7 Å². The third-order valence-electron chi connectivity index (χ3n) is 4.78. The minimum absolute atomic E-state index is 0.174. The predicted octanol–water partition coefficient (Wildman–Crippen LogP) is 4.92. The first-order valence-corrected chi connectivity index (χ1v) is 8.34. The van der Waals surface area contributed by atoms with E-state index in [9.17, 15) is 4.39 Å². The van der Waals surface area contributed by atoms with Crippen LogP contribution in [-0.4, -0.2) is 5.54 Å². The third-order valence-corrected chi connectivity index (χ3v) is 5.52. The molecule has 3 unspecified atom stereocenters. The second-order valence-electron chi connectivity index (χ2n) is 6.88. The average Bonchev–Trinajstić information content (AvgIpc) is 2.32. The van der Waals surface area contributed by atoms with Gasteiger partial charge in [0.05, 0.1) is 0 Å². The van der Waals surface area contributed by atoms with E-state index in [0.29, 0.717) is 17.8 Å². The van der Waals surface area contributed by atoms with Crippen LogP contribution < -0.4 is 5.73 Å². The van der Waals surface area contributed by atoms with Gasteiger partial charge in [-0.25, -0.2) is 4.39 Å². The van der Waals surface area contributed by atoms with Crippen LogP contribution in [0, 0.1) is 23.6 Å². The molecule has 0 heterocycles. The van der Waals surface area contributed by atoms with Crippen molar-refractivity contribution >= 4 is 15.9 Å². The van der Waals surface area contributed by atoms with Crippen LogP contribution in [0.2, 0.25) is 0 Å². The van der Waals surface area contributed by atoms with Crippen molar-refractivity contribution in [2.24, 2.45) is 23.5 Å². The van der Waals surface area contributed by atoms with Crippen molar-refractivity contribution in [1.82, 2.24) is 0 Å². The number of hydrogen-bond donors (Lipinski definition) is 1. The molecule has 0 aliphatic heterocycles. The molecule has 1 aliphatic rings. The van der Waals surface area contributed by atoms with Crippen LogP contribution in [0.3, 0.4) is 0 Å². The van der Waals surface area contributed by atoms with Gasteiger partial charge in [0, 0.05) is 10.0 Å². The molecular weight excluding hydrogens is 317 g/mol. The van der Waals surface area contributed by atoms with Crippen molar-refractivity contribution in [3.8, 4) is 0 Å². The van der Waals surface area contributed by atoms with E-state index in [1.807, 2.05) is 6.07 Å². The Morgan fingerprint density at radius 3 is 2.70 bits per heavy atom. The number of benzene rings is 1. The van der Waals surface area contributed by atoms with Crippen LogP contribution in [0.5, 0.6) is 0 Å². The normalized spacial score (nSPS) is 30.8. The highest BCUT2D eigenvalue weighted by Crippen LogP contribution is 2.42. The summed E-state index contributed by atoms with van der Waals surface area (Å²) in [5.41, 5.74) is 7.76. The van der Waals surface area contributed by atoms with Crippen LogP contribution in [0.25, 0.3) is 0 Å². The monoisotopic (exact) mass is 341 g/mol. The number of nitrogens with two attached hydrogens (primary N) is 1. The topological polar surface area (TPSA) is 26.0 Å². The van der Waals surface area contributed by atoms with Gasteiger partial charge >= 0.3 is 0 Å². The van der Waals surface area contributed by atoms with Crippen molar-refractivity contribution in [3.05, 3.63) is 34.1 Å². The quantitative estimate of drug-likeness (QED) is 0.829. The van der Waals surface area contributed by atoms with Crippen molar-refractivity contribution in [2.75, 3.05) is 0 Å². The Hall–Kier alpha value is -0.410. The summed E-state index contributed by atoms with van der Waals surface area (Å²) in [5, 5.41) is 0. The summed E-state index contributed by atoms with van der Waals surface area (Å²) in [6.45, 7) is 6.82. The van der Waals surface area contributed by atoms with Gasteiger partial charge in [0.15, 0.2) is 0 Å². The highest BCUT2D eigenvalue weighted by atomic mass is 79.9. The van der Waals surface area contributed by atoms with Crippen molar-refractivity contribution in [1.29, 1.82) is 0 Å². The fraction of sp³-hybridized carbons (Fsp3) is 0.647. The van der Waals surface area contributed by atoms with E-state index in [0.717, 1.165) is 22.9 Å². The van der Waals surface area contributed by atoms with E-state index in [-0.39, 0.29) is 11.4 Å². The Morgan fingerprint density at radius 2 is 2.10 bits per heavy atom. The third kappa shape index (κ3) is 3.43.